The van der Waals surface area contributed by atoms with Gasteiger partial charge in [-0.3, -0.25) is 0 Å². The smallest absolute Gasteiger partial charge is 0.211 e. The topological polar surface area (TPSA) is 46.2 Å². The first-order valence-corrected chi connectivity index (χ1v) is 8.62. The minimum Gasteiger partial charge on any atom is -0.211 e. The van der Waals surface area contributed by atoms with Crippen LogP contribution >= 0.6 is 11.6 Å². The standard InChI is InChI=1S/C15H16ClNO2S/c16-10-15(8-9-15)11-17-20(18,19)14-7-3-5-12-4-1-2-6-13(12)14/h1-7,17H,8-11H2. The van der Waals surface area contributed by atoms with Crippen LogP contribution in [0.3, 0.4) is 0 Å². The van der Waals surface area contributed by atoms with Crippen LogP contribution in [0.25, 0.3) is 10.8 Å². The van der Waals surface area contributed by atoms with E-state index in [-0.39, 0.29) is 5.41 Å². The quantitative estimate of drug-likeness (QED) is 0.863. The molecule has 0 aromatic heterocycles. The molecular weight excluding hydrogens is 294 g/mol. The van der Waals surface area contributed by atoms with E-state index in [2.05, 4.69) is 4.72 Å². The lowest BCUT2D eigenvalue weighted by molar-refractivity contribution is 0.535. The second-order valence-corrected chi connectivity index (χ2v) is 7.44. The molecule has 0 saturated heterocycles. The van der Waals surface area contributed by atoms with Crippen LogP contribution in [0.2, 0.25) is 0 Å². The molecule has 0 radical (unpaired) electrons. The van der Waals surface area contributed by atoms with E-state index in [1.807, 2.05) is 30.3 Å². The molecule has 0 aliphatic heterocycles. The Labute approximate surface area is 124 Å². The molecular formula is C15H16ClNO2S. The lowest BCUT2D eigenvalue weighted by Crippen LogP contribution is -2.31. The van der Waals surface area contributed by atoms with Crippen LogP contribution in [0, 0.1) is 5.41 Å². The second kappa shape index (κ2) is 5.02. The largest absolute Gasteiger partial charge is 0.241 e. The average Bonchev–Trinajstić information content (AvgIpc) is 3.25. The van der Waals surface area contributed by atoms with Crippen molar-refractivity contribution in [2.24, 2.45) is 5.41 Å². The summed E-state index contributed by atoms with van der Waals surface area (Å²) in [5, 5.41) is 1.67. The molecule has 2 aromatic rings. The van der Waals surface area contributed by atoms with Crippen molar-refractivity contribution in [3.05, 3.63) is 42.5 Å². The highest BCUT2D eigenvalue weighted by atomic mass is 35.5. The van der Waals surface area contributed by atoms with Crippen molar-refractivity contribution in [1.82, 2.24) is 4.72 Å². The molecule has 1 saturated carbocycles. The first-order chi connectivity index (χ1) is 9.56. The number of hydrogen-bond donors (Lipinski definition) is 1. The SMILES string of the molecule is O=S(=O)(NCC1(CCl)CC1)c1cccc2ccccc12. The van der Waals surface area contributed by atoms with E-state index in [1.54, 1.807) is 12.1 Å². The summed E-state index contributed by atoms with van der Waals surface area (Å²) < 4.78 is 27.7. The average molecular weight is 310 g/mol. The summed E-state index contributed by atoms with van der Waals surface area (Å²) in [4.78, 5) is 0.334. The maximum absolute atomic E-state index is 12.5. The number of benzene rings is 2. The van der Waals surface area contributed by atoms with Gasteiger partial charge in [0.25, 0.3) is 0 Å². The molecule has 0 heterocycles. The van der Waals surface area contributed by atoms with Crippen molar-refractivity contribution in [1.29, 1.82) is 0 Å². The highest BCUT2D eigenvalue weighted by Gasteiger charge is 2.42. The zero-order valence-corrected chi connectivity index (χ0v) is 12.5. The van der Waals surface area contributed by atoms with Gasteiger partial charge in [-0.2, -0.15) is 0 Å². The number of fused-ring (bicyclic) bond motifs is 1. The maximum atomic E-state index is 12.5. The van der Waals surface area contributed by atoms with E-state index < -0.39 is 10.0 Å². The molecule has 106 valence electrons. The normalized spacial score (nSPS) is 17.2. The molecule has 1 N–H and O–H groups in total. The minimum atomic E-state index is -3.50. The van der Waals surface area contributed by atoms with E-state index in [9.17, 15) is 8.42 Å². The molecule has 5 heteroatoms. The van der Waals surface area contributed by atoms with Crippen LogP contribution in [0.5, 0.6) is 0 Å². The molecule has 3 nitrogen and oxygen atoms in total. The van der Waals surface area contributed by atoms with Crippen molar-refractivity contribution in [3.8, 4) is 0 Å². The van der Waals surface area contributed by atoms with Crippen LogP contribution in [0.1, 0.15) is 12.8 Å². The van der Waals surface area contributed by atoms with Gasteiger partial charge in [-0.05, 0) is 29.7 Å². The number of halogens is 1. The van der Waals surface area contributed by atoms with Crippen molar-refractivity contribution < 1.29 is 8.42 Å². The van der Waals surface area contributed by atoms with Gasteiger partial charge in [0.1, 0.15) is 0 Å². The number of nitrogens with one attached hydrogen (secondary N) is 1. The Balaban J connectivity index is 1.93. The van der Waals surface area contributed by atoms with Gasteiger partial charge >= 0.3 is 0 Å². The first-order valence-electron chi connectivity index (χ1n) is 6.60. The zero-order valence-electron chi connectivity index (χ0n) is 11.0. The van der Waals surface area contributed by atoms with Crippen molar-refractivity contribution in [2.75, 3.05) is 12.4 Å². The molecule has 0 amide bonds. The highest BCUT2D eigenvalue weighted by molar-refractivity contribution is 7.89. The third-order valence-corrected chi connectivity index (χ3v) is 5.94. The Morgan fingerprint density at radius 3 is 2.50 bits per heavy atom. The van der Waals surface area contributed by atoms with Crippen molar-refractivity contribution in [2.45, 2.75) is 17.7 Å². The first kappa shape index (κ1) is 13.9. The molecule has 1 aliphatic rings. The van der Waals surface area contributed by atoms with Gasteiger partial charge in [-0.15, -0.1) is 11.6 Å². The van der Waals surface area contributed by atoms with Crippen LogP contribution in [0.4, 0.5) is 0 Å². The zero-order chi connectivity index (χ0) is 14.2. The summed E-state index contributed by atoms with van der Waals surface area (Å²) in [7, 11) is -3.50. The Morgan fingerprint density at radius 2 is 1.80 bits per heavy atom. The lowest BCUT2D eigenvalue weighted by atomic mass is 10.1. The van der Waals surface area contributed by atoms with E-state index in [0.29, 0.717) is 17.3 Å². The van der Waals surface area contributed by atoms with Gasteiger partial charge in [-0.25, -0.2) is 13.1 Å². The Bertz CT molecular complexity index is 733. The van der Waals surface area contributed by atoms with Gasteiger partial charge in [-0.1, -0.05) is 36.4 Å². The summed E-state index contributed by atoms with van der Waals surface area (Å²) in [6.07, 6.45) is 1.99. The van der Waals surface area contributed by atoms with E-state index in [0.717, 1.165) is 23.6 Å². The monoisotopic (exact) mass is 309 g/mol. The highest BCUT2D eigenvalue weighted by Crippen LogP contribution is 2.46. The summed E-state index contributed by atoms with van der Waals surface area (Å²) in [6, 6.07) is 12.8. The second-order valence-electron chi connectivity index (χ2n) is 5.44. The third-order valence-electron chi connectivity index (χ3n) is 3.92. The number of sulfonamides is 1. The molecule has 0 bridgehead atoms. The molecule has 3 rings (SSSR count). The van der Waals surface area contributed by atoms with Gasteiger partial charge < -0.3 is 0 Å². The fourth-order valence-corrected chi connectivity index (χ4v) is 4.04. The molecule has 0 unspecified atom stereocenters. The summed E-state index contributed by atoms with van der Waals surface area (Å²) in [5.41, 5.74) is -0.0286. The van der Waals surface area contributed by atoms with Crippen LogP contribution in [-0.4, -0.2) is 20.8 Å². The summed E-state index contributed by atoms with van der Waals surface area (Å²) in [6.45, 7) is 0.419. The minimum absolute atomic E-state index is 0.0286. The van der Waals surface area contributed by atoms with Crippen LogP contribution < -0.4 is 4.72 Å². The van der Waals surface area contributed by atoms with Crippen molar-refractivity contribution >= 4 is 32.4 Å². The van der Waals surface area contributed by atoms with E-state index in [1.165, 1.54) is 0 Å². The fraction of sp³-hybridized carbons (Fsp3) is 0.333. The predicted molar refractivity (Wildman–Crippen MR) is 81.5 cm³/mol. The van der Waals surface area contributed by atoms with Crippen LogP contribution in [0.15, 0.2) is 47.4 Å². The Morgan fingerprint density at radius 1 is 1.10 bits per heavy atom. The summed E-state index contributed by atoms with van der Waals surface area (Å²) >= 11 is 5.89. The molecule has 0 atom stereocenters. The molecule has 1 aliphatic carbocycles. The molecule has 2 aromatic carbocycles. The van der Waals surface area contributed by atoms with Gasteiger partial charge in [0, 0.05) is 17.8 Å². The lowest BCUT2D eigenvalue weighted by Gasteiger charge is -2.14. The molecule has 20 heavy (non-hydrogen) atoms. The van der Waals surface area contributed by atoms with Gasteiger partial charge in [0.05, 0.1) is 4.90 Å². The number of alkyl halides is 1. The van der Waals surface area contributed by atoms with Crippen molar-refractivity contribution in [3.63, 3.8) is 0 Å². The number of hydrogen-bond acceptors (Lipinski definition) is 2. The maximum Gasteiger partial charge on any atom is 0.241 e. The third kappa shape index (κ3) is 2.55. The molecule has 1 fully saturated rings. The predicted octanol–water partition coefficient (Wildman–Crippen LogP) is 3.14. The van der Waals surface area contributed by atoms with E-state index >= 15 is 0 Å². The molecule has 0 spiro atoms. The van der Waals surface area contributed by atoms with Gasteiger partial charge in [0.2, 0.25) is 10.0 Å². The van der Waals surface area contributed by atoms with Crippen LogP contribution in [-0.2, 0) is 10.0 Å². The Hall–Kier alpha value is -1.10. The Kier molecular flexibility index (Phi) is 3.48. The van der Waals surface area contributed by atoms with E-state index in [4.69, 9.17) is 11.6 Å². The van der Waals surface area contributed by atoms with Gasteiger partial charge in [0.15, 0.2) is 0 Å². The number of rotatable bonds is 5. The fourth-order valence-electron chi connectivity index (χ4n) is 2.29. The summed E-state index contributed by atoms with van der Waals surface area (Å²) in [5.74, 6) is 0.505.